The van der Waals surface area contributed by atoms with Crippen molar-refractivity contribution in [2.24, 2.45) is 5.73 Å². The summed E-state index contributed by atoms with van der Waals surface area (Å²) >= 11 is 7.19. The Kier molecular flexibility index (Phi) is 4.08. The first kappa shape index (κ1) is 13.9. The molecule has 0 fully saturated rings. The Morgan fingerprint density at radius 3 is 2.84 bits per heavy atom. The number of rotatable bonds is 4. The number of nitro benzene ring substituents is 1. The van der Waals surface area contributed by atoms with Crippen LogP contribution in [0, 0.1) is 10.1 Å². The van der Waals surface area contributed by atoms with E-state index in [-0.39, 0.29) is 11.7 Å². The molecule has 1 atom stereocenters. The summed E-state index contributed by atoms with van der Waals surface area (Å²) in [5.74, 6) is 0. The molecule has 100 valence electrons. The van der Waals surface area contributed by atoms with Crippen LogP contribution >= 0.6 is 22.9 Å². The third-order valence-electron chi connectivity index (χ3n) is 2.54. The van der Waals surface area contributed by atoms with Crippen molar-refractivity contribution in [1.29, 1.82) is 0 Å². The lowest BCUT2D eigenvalue weighted by atomic mass is 10.2. The number of hydrogen-bond acceptors (Lipinski definition) is 6. The predicted octanol–water partition coefficient (Wildman–Crippen LogP) is 3.18. The fourth-order valence-corrected chi connectivity index (χ4v) is 2.62. The molecular formula is C11H11ClN4O2S. The molecule has 0 amide bonds. The van der Waals surface area contributed by atoms with E-state index in [4.69, 9.17) is 17.3 Å². The highest BCUT2D eigenvalue weighted by atomic mass is 35.5. The molecule has 1 unspecified atom stereocenters. The van der Waals surface area contributed by atoms with Gasteiger partial charge >= 0.3 is 0 Å². The van der Waals surface area contributed by atoms with Crippen LogP contribution in [0.5, 0.6) is 0 Å². The average molecular weight is 299 g/mol. The minimum Gasteiger partial charge on any atom is -0.322 e. The highest BCUT2D eigenvalue weighted by Crippen LogP contribution is 2.31. The number of aromatic nitrogens is 2. The van der Waals surface area contributed by atoms with Crippen molar-refractivity contribution in [3.05, 3.63) is 38.3 Å². The fourth-order valence-electron chi connectivity index (χ4n) is 1.48. The monoisotopic (exact) mass is 298 g/mol. The van der Waals surface area contributed by atoms with E-state index in [1.54, 1.807) is 6.07 Å². The first-order valence-electron chi connectivity index (χ1n) is 5.55. The van der Waals surface area contributed by atoms with Gasteiger partial charge in [0.15, 0.2) is 0 Å². The van der Waals surface area contributed by atoms with E-state index in [2.05, 4.69) is 10.2 Å². The van der Waals surface area contributed by atoms with Gasteiger partial charge in [-0.25, -0.2) is 0 Å². The van der Waals surface area contributed by atoms with Crippen molar-refractivity contribution in [2.75, 3.05) is 0 Å². The van der Waals surface area contributed by atoms with Crippen LogP contribution in [0.25, 0.3) is 10.6 Å². The Morgan fingerprint density at radius 2 is 2.21 bits per heavy atom. The number of nitro groups is 1. The van der Waals surface area contributed by atoms with E-state index in [0.29, 0.717) is 20.6 Å². The second-order valence-electron chi connectivity index (χ2n) is 3.92. The highest BCUT2D eigenvalue weighted by molar-refractivity contribution is 7.14. The second kappa shape index (κ2) is 5.60. The molecule has 8 heteroatoms. The smallest absolute Gasteiger partial charge is 0.271 e. The van der Waals surface area contributed by atoms with Crippen molar-refractivity contribution in [3.63, 3.8) is 0 Å². The fraction of sp³-hybridized carbons (Fsp3) is 0.273. The Morgan fingerprint density at radius 1 is 1.47 bits per heavy atom. The van der Waals surface area contributed by atoms with Gasteiger partial charge in [0.05, 0.1) is 11.0 Å². The zero-order valence-electron chi connectivity index (χ0n) is 10.0. The van der Waals surface area contributed by atoms with Crippen molar-refractivity contribution >= 4 is 28.6 Å². The molecule has 0 aliphatic heterocycles. The first-order valence-corrected chi connectivity index (χ1v) is 6.75. The second-order valence-corrected chi connectivity index (χ2v) is 5.36. The maximum absolute atomic E-state index is 10.8. The molecular weight excluding hydrogens is 288 g/mol. The van der Waals surface area contributed by atoms with Gasteiger partial charge in [0.2, 0.25) is 0 Å². The molecule has 2 N–H and O–H groups in total. The summed E-state index contributed by atoms with van der Waals surface area (Å²) in [4.78, 5) is 10.3. The maximum Gasteiger partial charge on any atom is 0.271 e. The summed E-state index contributed by atoms with van der Waals surface area (Å²) in [6, 6.07) is 4.18. The molecule has 19 heavy (non-hydrogen) atoms. The van der Waals surface area contributed by atoms with E-state index < -0.39 is 4.92 Å². The SMILES string of the molecule is CCC(N)c1nnc(-c2cc(Cl)cc([N+](=O)[O-])c2)s1. The number of benzene rings is 1. The quantitative estimate of drug-likeness (QED) is 0.691. The number of hydrogen-bond donors (Lipinski definition) is 1. The van der Waals surface area contributed by atoms with Crippen LogP contribution in [-0.4, -0.2) is 15.1 Å². The summed E-state index contributed by atoms with van der Waals surface area (Å²) in [5.41, 5.74) is 6.37. The van der Waals surface area contributed by atoms with Crippen molar-refractivity contribution in [1.82, 2.24) is 10.2 Å². The number of halogens is 1. The van der Waals surface area contributed by atoms with Gasteiger partial charge in [0.1, 0.15) is 10.0 Å². The van der Waals surface area contributed by atoms with Crippen LogP contribution in [0.1, 0.15) is 24.4 Å². The standard InChI is InChI=1S/C11H11ClN4O2S/c1-2-9(13)11-15-14-10(19-11)6-3-7(12)5-8(4-6)16(17)18/h3-5,9H,2,13H2,1H3. The molecule has 1 aromatic carbocycles. The molecule has 0 aliphatic rings. The third-order valence-corrected chi connectivity index (χ3v) is 3.86. The molecule has 1 heterocycles. The van der Waals surface area contributed by atoms with Crippen LogP contribution < -0.4 is 5.73 Å². The maximum atomic E-state index is 10.8. The van der Waals surface area contributed by atoms with Crippen molar-refractivity contribution in [2.45, 2.75) is 19.4 Å². The molecule has 2 aromatic rings. The van der Waals surface area contributed by atoms with Crippen LogP contribution in [0.4, 0.5) is 5.69 Å². The molecule has 0 saturated carbocycles. The number of non-ortho nitro benzene ring substituents is 1. The van der Waals surface area contributed by atoms with Gasteiger partial charge in [0, 0.05) is 22.7 Å². The summed E-state index contributed by atoms with van der Waals surface area (Å²) < 4.78 is 0. The van der Waals surface area contributed by atoms with Crippen LogP contribution in [0.3, 0.4) is 0 Å². The van der Waals surface area contributed by atoms with E-state index in [1.807, 2.05) is 6.92 Å². The van der Waals surface area contributed by atoms with E-state index >= 15 is 0 Å². The average Bonchev–Trinajstić information content (AvgIpc) is 2.86. The van der Waals surface area contributed by atoms with Crippen LogP contribution in [0.2, 0.25) is 5.02 Å². The summed E-state index contributed by atoms with van der Waals surface area (Å²) in [7, 11) is 0. The molecule has 0 radical (unpaired) electrons. The summed E-state index contributed by atoms with van der Waals surface area (Å²) in [6.45, 7) is 1.95. The van der Waals surface area contributed by atoms with Gasteiger partial charge in [-0.1, -0.05) is 29.9 Å². The zero-order valence-corrected chi connectivity index (χ0v) is 11.6. The predicted molar refractivity (Wildman–Crippen MR) is 74.2 cm³/mol. The molecule has 0 aliphatic carbocycles. The first-order chi connectivity index (χ1) is 9.01. The minimum atomic E-state index is -0.491. The lowest BCUT2D eigenvalue weighted by Crippen LogP contribution is -2.07. The van der Waals surface area contributed by atoms with E-state index in [0.717, 1.165) is 6.42 Å². The summed E-state index contributed by atoms with van der Waals surface area (Å²) in [6.07, 6.45) is 0.754. The Balaban J connectivity index is 2.41. The lowest BCUT2D eigenvalue weighted by Gasteiger charge is -2.01. The van der Waals surface area contributed by atoms with Gasteiger partial charge < -0.3 is 5.73 Å². The van der Waals surface area contributed by atoms with Gasteiger partial charge in [-0.2, -0.15) is 0 Å². The molecule has 0 spiro atoms. The van der Waals surface area contributed by atoms with E-state index in [9.17, 15) is 10.1 Å². The summed E-state index contributed by atoms with van der Waals surface area (Å²) in [5, 5.41) is 20.4. The van der Waals surface area contributed by atoms with Gasteiger partial charge in [0.25, 0.3) is 5.69 Å². The van der Waals surface area contributed by atoms with Gasteiger partial charge in [-0.15, -0.1) is 10.2 Å². The number of nitrogens with zero attached hydrogens (tertiary/aromatic N) is 3. The highest BCUT2D eigenvalue weighted by Gasteiger charge is 2.15. The zero-order chi connectivity index (χ0) is 14.0. The van der Waals surface area contributed by atoms with E-state index in [1.165, 1.54) is 23.5 Å². The van der Waals surface area contributed by atoms with Crippen molar-refractivity contribution in [3.8, 4) is 10.6 Å². The normalized spacial score (nSPS) is 12.4. The topological polar surface area (TPSA) is 94.9 Å². The number of nitrogens with two attached hydrogens (primary N) is 1. The molecule has 0 bridgehead atoms. The molecule has 1 aromatic heterocycles. The Bertz CT molecular complexity index is 616. The molecule has 0 saturated heterocycles. The molecule has 6 nitrogen and oxygen atoms in total. The Hall–Kier alpha value is -1.57. The van der Waals surface area contributed by atoms with Crippen LogP contribution in [-0.2, 0) is 0 Å². The van der Waals surface area contributed by atoms with Gasteiger partial charge in [-0.3, -0.25) is 10.1 Å². The molecule has 2 rings (SSSR count). The van der Waals surface area contributed by atoms with Gasteiger partial charge in [-0.05, 0) is 12.5 Å². The lowest BCUT2D eigenvalue weighted by molar-refractivity contribution is -0.384. The Labute approximate surface area is 118 Å². The van der Waals surface area contributed by atoms with Crippen LogP contribution in [0.15, 0.2) is 18.2 Å². The third kappa shape index (κ3) is 3.06. The largest absolute Gasteiger partial charge is 0.322 e. The van der Waals surface area contributed by atoms with Crippen molar-refractivity contribution < 1.29 is 4.92 Å². The minimum absolute atomic E-state index is 0.0703.